The first kappa shape index (κ1) is 28.3. The molecule has 0 saturated heterocycles. The van der Waals surface area contributed by atoms with Crippen LogP contribution in [0, 0.1) is 6.92 Å². The fourth-order valence-electron chi connectivity index (χ4n) is 5.35. The van der Waals surface area contributed by atoms with E-state index in [1.165, 1.54) is 30.1 Å². The summed E-state index contributed by atoms with van der Waals surface area (Å²) in [5, 5.41) is 0.626. The molecule has 0 amide bonds. The van der Waals surface area contributed by atoms with E-state index in [1.807, 2.05) is 30.3 Å². The van der Waals surface area contributed by atoms with Gasteiger partial charge in [0, 0.05) is 34.4 Å². The quantitative estimate of drug-likeness (QED) is 0.206. The Morgan fingerprint density at radius 2 is 1.88 bits per heavy atom. The maximum atomic E-state index is 11.7. The van der Waals surface area contributed by atoms with Crippen molar-refractivity contribution in [1.29, 1.82) is 0 Å². The standard InChI is InChI=1S/C31H33ClO7S/c1-19-13-28(37-11-4-12-40(3,34)35)25-8-9-26(25)31(19)20-5-10-27(32)22(14-20)18-38-23-6-7-24-21(15-30(33)36-2)17-39-29(24)16-23/h5-7,10,13-14,16,21H,4,8-9,11-12,15,17-18H2,1-3H3. The number of esters is 1. The van der Waals surface area contributed by atoms with Gasteiger partial charge in [0.2, 0.25) is 0 Å². The zero-order valence-electron chi connectivity index (χ0n) is 22.9. The molecule has 0 radical (unpaired) electrons. The number of halogens is 1. The van der Waals surface area contributed by atoms with Gasteiger partial charge >= 0.3 is 5.97 Å². The van der Waals surface area contributed by atoms with Crippen LogP contribution >= 0.6 is 11.6 Å². The van der Waals surface area contributed by atoms with E-state index in [2.05, 4.69) is 19.1 Å². The summed E-state index contributed by atoms with van der Waals surface area (Å²) in [5.74, 6) is 2.08. The fourth-order valence-corrected chi connectivity index (χ4v) is 6.17. The van der Waals surface area contributed by atoms with Gasteiger partial charge in [-0.1, -0.05) is 23.7 Å². The van der Waals surface area contributed by atoms with Gasteiger partial charge in [0.05, 0.1) is 32.5 Å². The van der Waals surface area contributed by atoms with Crippen molar-refractivity contribution in [2.45, 2.75) is 45.1 Å². The van der Waals surface area contributed by atoms with Gasteiger partial charge in [0.15, 0.2) is 0 Å². The molecule has 0 aromatic heterocycles. The first-order valence-corrected chi connectivity index (χ1v) is 15.8. The van der Waals surface area contributed by atoms with Gasteiger partial charge in [0.25, 0.3) is 0 Å². The molecule has 5 rings (SSSR count). The molecule has 0 N–H and O–H groups in total. The zero-order valence-corrected chi connectivity index (χ0v) is 24.5. The summed E-state index contributed by atoms with van der Waals surface area (Å²) >= 11 is 6.57. The highest BCUT2D eigenvalue weighted by Gasteiger charge is 2.28. The van der Waals surface area contributed by atoms with Crippen LogP contribution in [0.1, 0.15) is 46.6 Å². The molecule has 3 aromatic carbocycles. The summed E-state index contributed by atoms with van der Waals surface area (Å²) in [7, 11) is -1.61. The number of ether oxygens (including phenoxy) is 4. The highest BCUT2D eigenvalue weighted by atomic mass is 35.5. The second-order valence-corrected chi connectivity index (χ2v) is 13.1. The number of aryl methyl sites for hydroxylation is 1. The first-order valence-electron chi connectivity index (χ1n) is 13.3. The van der Waals surface area contributed by atoms with Crippen LogP contribution in [0.5, 0.6) is 17.2 Å². The monoisotopic (exact) mass is 584 g/mol. The van der Waals surface area contributed by atoms with Crippen LogP contribution in [0.3, 0.4) is 0 Å². The van der Waals surface area contributed by atoms with Gasteiger partial charge in [0.1, 0.15) is 33.7 Å². The third-order valence-electron chi connectivity index (χ3n) is 7.48. The summed E-state index contributed by atoms with van der Waals surface area (Å²) in [5.41, 5.74) is 7.67. The van der Waals surface area contributed by atoms with E-state index in [9.17, 15) is 13.2 Å². The molecule has 1 atom stereocenters. The largest absolute Gasteiger partial charge is 0.493 e. The maximum absolute atomic E-state index is 11.7. The van der Waals surface area contributed by atoms with Crippen molar-refractivity contribution in [2.24, 2.45) is 0 Å². The Bertz CT molecular complexity index is 1550. The number of methoxy groups -OCH3 is 1. The number of sulfone groups is 1. The Labute approximate surface area is 240 Å². The van der Waals surface area contributed by atoms with Crippen molar-refractivity contribution in [2.75, 3.05) is 32.3 Å². The van der Waals surface area contributed by atoms with Gasteiger partial charge < -0.3 is 18.9 Å². The minimum Gasteiger partial charge on any atom is -0.493 e. The Hall–Kier alpha value is -3.23. The molecule has 1 unspecified atom stereocenters. The van der Waals surface area contributed by atoms with E-state index in [0.717, 1.165) is 46.6 Å². The molecule has 0 saturated carbocycles. The van der Waals surface area contributed by atoms with Crippen molar-refractivity contribution < 1.29 is 32.2 Å². The molecule has 0 spiro atoms. The number of carbonyl (C=O) groups excluding carboxylic acids is 1. The van der Waals surface area contributed by atoms with E-state index in [0.29, 0.717) is 37.0 Å². The highest BCUT2D eigenvalue weighted by molar-refractivity contribution is 7.90. The van der Waals surface area contributed by atoms with Gasteiger partial charge in [-0.2, -0.15) is 0 Å². The molecule has 7 nitrogen and oxygen atoms in total. The Morgan fingerprint density at radius 1 is 1.07 bits per heavy atom. The second kappa shape index (κ2) is 11.7. The third kappa shape index (κ3) is 6.23. The minimum atomic E-state index is -3.00. The molecule has 2 aliphatic rings. The van der Waals surface area contributed by atoms with Crippen LogP contribution in [-0.4, -0.2) is 46.7 Å². The van der Waals surface area contributed by atoms with Crippen molar-refractivity contribution in [3.8, 4) is 28.4 Å². The van der Waals surface area contributed by atoms with E-state index in [1.54, 1.807) is 0 Å². The van der Waals surface area contributed by atoms with E-state index in [4.69, 9.17) is 30.5 Å². The predicted molar refractivity (Wildman–Crippen MR) is 154 cm³/mol. The Kier molecular flexibility index (Phi) is 8.29. The predicted octanol–water partition coefficient (Wildman–Crippen LogP) is 5.85. The van der Waals surface area contributed by atoms with Gasteiger partial charge in [-0.05, 0) is 78.3 Å². The summed E-state index contributed by atoms with van der Waals surface area (Å²) in [6.45, 7) is 3.18. The van der Waals surface area contributed by atoms with Gasteiger partial charge in [-0.25, -0.2) is 8.42 Å². The Balaban J connectivity index is 1.29. The number of carbonyl (C=O) groups is 1. The van der Waals surface area contributed by atoms with E-state index >= 15 is 0 Å². The van der Waals surface area contributed by atoms with Crippen molar-refractivity contribution in [3.63, 3.8) is 0 Å². The lowest BCUT2D eigenvalue weighted by Gasteiger charge is -2.28. The maximum Gasteiger partial charge on any atom is 0.306 e. The molecule has 3 aromatic rings. The van der Waals surface area contributed by atoms with Crippen LogP contribution in [0.2, 0.25) is 5.02 Å². The smallest absolute Gasteiger partial charge is 0.306 e. The zero-order chi connectivity index (χ0) is 28.4. The Morgan fingerprint density at radius 3 is 2.60 bits per heavy atom. The van der Waals surface area contributed by atoms with Crippen LogP contribution in [-0.2, 0) is 38.8 Å². The van der Waals surface area contributed by atoms with Crippen molar-refractivity contribution in [3.05, 3.63) is 75.3 Å². The lowest BCUT2D eigenvalue weighted by Crippen LogP contribution is -2.15. The number of hydrogen-bond acceptors (Lipinski definition) is 7. The number of rotatable bonds is 11. The molecule has 9 heteroatoms. The third-order valence-corrected chi connectivity index (χ3v) is 8.88. The molecule has 212 valence electrons. The van der Waals surface area contributed by atoms with Crippen LogP contribution in [0.4, 0.5) is 0 Å². The van der Waals surface area contributed by atoms with Gasteiger partial charge in [-0.15, -0.1) is 0 Å². The number of hydrogen-bond donors (Lipinski definition) is 0. The molecule has 40 heavy (non-hydrogen) atoms. The topological polar surface area (TPSA) is 88.1 Å². The average molecular weight is 585 g/mol. The molecule has 0 fully saturated rings. The lowest BCUT2D eigenvalue weighted by atomic mass is 9.79. The molecule has 1 aliphatic carbocycles. The normalized spacial score (nSPS) is 15.4. The second-order valence-electron chi connectivity index (χ2n) is 10.4. The van der Waals surface area contributed by atoms with Crippen molar-refractivity contribution >= 4 is 27.4 Å². The summed E-state index contributed by atoms with van der Waals surface area (Å²) in [6, 6.07) is 13.7. The van der Waals surface area contributed by atoms with E-state index in [-0.39, 0.29) is 24.1 Å². The van der Waals surface area contributed by atoms with Crippen LogP contribution in [0.25, 0.3) is 11.1 Å². The summed E-state index contributed by atoms with van der Waals surface area (Å²) in [4.78, 5) is 11.7. The fraction of sp³-hybridized carbons (Fsp3) is 0.387. The molecule has 1 aliphatic heterocycles. The minimum absolute atomic E-state index is 0.0206. The number of fused-ring (bicyclic) bond motifs is 2. The van der Waals surface area contributed by atoms with E-state index < -0.39 is 9.84 Å². The molecule has 1 heterocycles. The molecular weight excluding hydrogens is 552 g/mol. The highest BCUT2D eigenvalue weighted by Crippen LogP contribution is 2.43. The average Bonchev–Trinajstić information content (AvgIpc) is 3.28. The van der Waals surface area contributed by atoms with Crippen molar-refractivity contribution in [1.82, 2.24) is 0 Å². The van der Waals surface area contributed by atoms with Gasteiger partial charge in [-0.3, -0.25) is 4.79 Å². The van der Waals surface area contributed by atoms with Crippen LogP contribution < -0.4 is 14.2 Å². The summed E-state index contributed by atoms with van der Waals surface area (Å²) < 4.78 is 45.5. The SMILES string of the molecule is COC(=O)CC1COc2cc(OCc3cc(-c4c(C)cc(OCCCS(C)(=O)=O)c5c4CC5)ccc3Cl)ccc21. The number of benzene rings is 3. The lowest BCUT2D eigenvalue weighted by molar-refractivity contribution is -0.141. The van der Waals surface area contributed by atoms with Crippen LogP contribution in [0.15, 0.2) is 42.5 Å². The molecular formula is C31H33ClO7S. The summed E-state index contributed by atoms with van der Waals surface area (Å²) in [6.07, 6.45) is 3.90. The molecule has 0 bridgehead atoms. The first-order chi connectivity index (χ1) is 19.1.